The first-order chi connectivity index (χ1) is 11.4. The average Bonchev–Trinajstić information content (AvgIpc) is 3.07. The number of likely N-dealkylation sites (tertiary alicyclic amines) is 1. The van der Waals surface area contributed by atoms with Crippen molar-refractivity contribution in [1.29, 1.82) is 0 Å². The number of amides is 2. The summed E-state index contributed by atoms with van der Waals surface area (Å²) in [7, 11) is 0. The molecule has 1 aliphatic rings. The summed E-state index contributed by atoms with van der Waals surface area (Å²) in [6.07, 6.45) is 2.06. The molecule has 0 spiro atoms. The van der Waals surface area contributed by atoms with Crippen molar-refractivity contribution in [3.05, 3.63) is 28.8 Å². The molecular formula is C18H26ClN3O2. The molecule has 24 heavy (non-hydrogen) atoms. The van der Waals surface area contributed by atoms with Crippen LogP contribution in [0.15, 0.2) is 18.2 Å². The molecule has 132 valence electrons. The van der Waals surface area contributed by atoms with Gasteiger partial charge in [-0.1, -0.05) is 25.4 Å². The summed E-state index contributed by atoms with van der Waals surface area (Å²) in [5.74, 6) is 0.246. The van der Waals surface area contributed by atoms with Crippen LogP contribution >= 0.6 is 11.6 Å². The Morgan fingerprint density at radius 1 is 1.21 bits per heavy atom. The Bertz CT molecular complexity index is 598. The molecule has 2 N–H and O–H groups in total. The van der Waals surface area contributed by atoms with E-state index in [0.29, 0.717) is 22.2 Å². The average molecular weight is 352 g/mol. The molecule has 0 aromatic heterocycles. The van der Waals surface area contributed by atoms with Crippen LogP contribution < -0.4 is 10.6 Å². The summed E-state index contributed by atoms with van der Waals surface area (Å²) in [6, 6.07) is 5.25. The monoisotopic (exact) mass is 351 g/mol. The van der Waals surface area contributed by atoms with Gasteiger partial charge in [0.25, 0.3) is 5.91 Å². The summed E-state index contributed by atoms with van der Waals surface area (Å²) in [6.45, 7) is 7.77. The van der Waals surface area contributed by atoms with E-state index in [1.54, 1.807) is 18.2 Å². The summed E-state index contributed by atoms with van der Waals surface area (Å²) in [4.78, 5) is 26.5. The van der Waals surface area contributed by atoms with E-state index in [2.05, 4.69) is 24.5 Å². The Kier molecular flexibility index (Phi) is 6.49. The van der Waals surface area contributed by atoms with Crippen LogP contribution in [0.2, 0.25) is 5.02 Å². The van der Waals surface area contributed by atoms with E-state index in [-0.39, 0.29) is 24.4 Å². The van der Waals surface area contributed by atoms with Crippen molar-refractivity contribution in [3.63, 3.8) is 0 Å². The van der Waals surface area contributed by atoms with Crippen molar-refractivity contribution < 1.29 is 9.59 Å². The molecule has 0 aliphatic carbocycles. The van der Waals surface area contributed by atoms with E-state index in [0.717, 1.165) is 25.9 Å². The SMILES string of the molecule is CC(C)C(C)NC(=O)CNc1ccc(Cl)cc1C(=O)N1CCCC1. The van der Waals surface area contributed by atoms with Crippen molar-refractivity contribution >= 4 is 29.1 Å². The number of benzene rings is 1. The summed E-state index contributed by atoms with van der Waals surface area (Å²) in [5.41, 5.74) is 1.16. The van der Waals surface area contributed by atoms with Crippen LogP contribution in [0.5, 0.6) is 0 Å². The highest BCUT2D eigenvalue weighted by Gasteiger charge is 2.22. The largest absolute Gasteiger partial charge is 0.376 e. The van der Waals surface area contributed by atoms with Gasteiger partial charge >= 0.3 is 0 Å². The number of anilines is 1. The van der Waals surface area contributed by atoms with Crippen LogP contribution in [-0.4, -0.2) is 42.4 Å². The number of nitrogens with one attached hydrogen (secondary N) is 2. The van der Waals surface area contributed by atoms with Gasteiger partial charge < -0.3 is 15.5 Å². The van der Waals surface area contributed by atoms with Gasteiger partial charge in [0.15, 0.2) is 0 Å². The fourth-order valence-corrected chi connectivity index (χ4v) is 2.76. The third-order valence-electron chi connectivity index (χ3n) is 4.43. The third kappa shape index (κ3) is 4.87. The number of carbonyl (C=O) groups excluding carboxylic acids is 2. The van der Waals surface area contributed by atoms with Crippen LogP contribution in [0.1, 0.15) is 44.0 Å². The molecular weight excluding hydrogens is 326 g/mol. The predicted molar refractivity (Wildman–Crippen MR) is 97.5 cm³/mol. The van der Waals surface area contributed by atoms with E-state index in [9.17, 15) is 9.59 Å². The molecule has 0 saturated carbocycles. The number of halogens is 1. The molecule has 1 aromatic rings. The Morgan fingerprint density at radius 3 is 2.50 bits per heavy atom. The molecule has 2 amide bonds. The lowest BCUT2D eigenvalue weighted by molar-refractivity contribution is -0.120. The fraction of sp³-hybridized carbons (Fsp3) is 0.556. The van der Waals surface area contributed by atoms with E-state index in [1.165, 1.54) is 0 Å². The molecule has 0 bridgehead atoms. The highest BCUT2D eigenvalue weighted by molar-refractivity contribution is 6.31. The lowest BCUT2D eigenvalue weighted by Gasteiger charge is -2.20. The van der Waals surface area contributed by atoms with Crippen LogP contribution in [0.3, 0.4) is 0 Å². The summed E-state index contributed by atoms with van der Waals surface area (Å²) in [5, 5.41) is 6.53. The molecule has 1 unspecified atom stereocenters. The number of rotatable bonds is 6. The Morgan fingerprint density at radius 2 is 1.88 bits per heavy atom. The first-order valence-electron chi connectivity index (χ1n) is 8.50. The second-order valence-corrected chi connectivity index (χ2v) is 7.08. The van der Waals surface area contributed by atoms with Gasteiger partial charge in [0.05, 0.1) is 12.1 Å². The number of nitrogens with zero attached hydrogens (tertiary/aromatic N) is 1. The lowest BCUT2D eigenvalue weighted by Crippen LogP contribution is -2.39. The minimum atomic E-state index is -0.0919. The normalized spacial score (nSPS) is 15.5. The zero-order valence-corrected chi connectivity index (χ0v) is 15.3. The minimum Gasteiger partial charge on any atom is -0.376 e. The van der Waals surface area contributed by atoms with Crippen molar-refractivity contribution in [2.45, 2.75) is 39.7 Å². The van der Waals surface area contributed by atoms with Gasteiger partial charge in [-0.15, -0.1) is 0 Å². The number of hydrogen-bond acceptors (Lipinski definition) is 3. The Labute approximate surface area is 148 Å². The molecule has 1 saturated heterocycles. The van der Waals surface area contributed by atoms with Crippen molar-refractivity contribution in [2.75, 3.05) is 25.0 Å². The molecule has 1 atom stereocenters. The quantitative estimate of drug-likeness (QED) is 0.827. The van der Waals surface area contributed by atoms with Crippen molar-refractivity contribution in [1.82, 2.24) is 10.2 Å². The molecule has 1 heterocycles. The maximum absolute atomic E-state index is 12.7. The van der Waals surface area contributed by atoms with Gasteiger partial charge in [0, 0.05) is 29.8 Å². The second-order valence-electron chi connectivity index (χ2n) is 6.64. The Hall–Kier alpha value is -1.75. The van der Waals surface area contributed by atoms with Gasteiger partial charge in [0.1, 0.15) is 0 Å². The van der Waals surface area contributed by atoms with Gasteiger partial charge in [-0.2, -0.15) is 0 Å². The number of hydrogen-bond donors (Lipinski definition) is 2. The lowest BCUT2D eigenvalue weighted by atomic mass is 10.1. The topological polar surface area (TPSA) is 61.4 Å². The van der Waals surface area contributed by atoms with Crippen molar-refractivity contribution in [2.24, 2.45) is 5.92 Å². The smallest absolute Gasteiger partial charge is 0.256 e. The van der Waals surface area contributed by atoms with Crippen LogP contribution in [-0.2, 0) is 4.79 Å². The summed E-state index contributed by atoms with van der Waals surface area (Å²) < 4.78 is 0. The van der Waals surface area contributed by atoms with Gasteiger partial charge in [-0.3, -0.25) is 9.59 Å². The molecule has 2 rings (SSSR count). The number of carbonyl (C=O) groups is 2. The maximum atomic E-state index is 12.7. The van der Waals surface area contributed by atoms with E-state index in [1.807, 2.05) is 11.8 Å². The van der Waals surface area contributed by atoms with Gasteiger partial charge in [-0.05, 0) is 43.9 Å². The van der Waals surface area contributed by atoms with Gasteiger partial charge in [-0.25, -0.2) is 0 Å². The predicted octanol–water partition coefficient (Wildman–Crippen LogP) is 3.15. The molecule has 1 fully saturated rings. The molecule has 1 aliphatic heterocycles. The summed E-state index contributed by atoms with van der Waals surface area (Å²) >= 11 is 6.06. The molecule has 0 radical (unpaired) electrons. The van der Waals surface area contributed by atoms with Gasteiger partial charge in [0.2, 0.25) is 5.91 Å². The molecule has 5 nitrogen and oxygen atoms in total. The molecule has 6 heteroatoms. The highest BCUT2D eigenvalue weighted by atomic mass is 35.5. The van der Waals surface area contributed by atoms with E-state index < -0.39 is 0 Å². The minimum absolute atomic E-state index is 0.0338. The van der Waals surface area contributed by atoms with Crippen LogP contribution in [0, 0.1) is 5.92 Å². The first-order valence-corrected chi connectivity index (χ1v) is 8.88. The zero-order chi connectivity index (χ0) is 17.7. The van der Waals surface area contributed by atoms with Crippen molar-refractivity contribution in [3.8, 4) is 0 Å². The fourth-order valence-electron chi connectivity index (χ4n) is 2.59. The zero-order valence-electron chi connectivity index (χ0n) is 14.6. The maximum Gasteiger partial charge on any atom is 0.256 e. The van der Waals surface area contributed by atoms with E-state index in [4.69, 9.17) is 11.6 Å². The highest BCUT2D eigenvalue weighted by Crippen LogP contribution is 2.24. The Balaban J connectivity index is 2.04. The first kappa shape index (κ1) is 18.6. The van der Waals surface area contributed by atoms with Crippen LogP contribution in [0.25, 0.3) is 0 Å². The second kappa shape index (κ2) is 8.38. The standard InChI is InChI=1S/C18H26ClN3O2/c1-12(2)13(3)21-17(23)11-20-16-7-6-14(19)10-15(16)18(24)22-8-4-5-9-22/h6-7,10,12-13,20H,4-5,8-9,11H2,1-3H3,(H,21,23). The van der Waals surface area contributed by atoms with E-state index >= 15 is 0 Å². The molecule has 1 aromatic carbocycles. The van der Waals surface area contributed by atoms with Crippen LogP contribution in [0.4, 0.5) is 5.69 Å². The third-order valence-corrected chi connectivity index (χ3v) is 4.67.